The molecule has 9 heteroatoms. The van der Waals surface area contributed by atoms with E-state index in [1.807, 2.05) is 60.7 Å². The van der Waals surface area contributed by atoms with Gasteiger partial charge in [0.05, 0.1) is 11.7 Å². The van der Waals surface area contributed by atoms with E-state index < -0.39 is 23.8 Å². The Bertz CT molecular complexity index is 1170. The second-order valence-electron chi connectivity index (χ2n) is 9.84. The third-order valence-corrected chi connectivity index (χ3v) is 5.48. The molecule has 0 fully saturated rings. The van der Waals surface area contributed by atoms with Crippen molar-refractivity contribution in [1.82, 2.24) is 20.2 Å². The molecule has 0 spiro atoms. The molecule has 2 aromatic carbocycles. The lowest BCUT2D eigenvalue weighted by Gasteiger charge is -2.23. The van der Waals surface area contributed by atoms with E-state index in [2.05, 4.69) is 15.6 Å². The Morgan fingerprint density at radius 2 is 1.57 bits per heavy atom. The first-order chi connectivity index (χ1) is 17.6. The van der Waals surface area contributed by atoms with Crippen LogP contribution in [0.5, 0.6) is 0 Å². The minimum absolute atomic E-state index is 0.254. The summed E-state index contributed by atoms with van der Waals surface area (Å²) in [7, 11) is 0. The lowest BCUT2D eigenvalue weighted by Crippen LogP contribution is -2.49. The summed E-state index contributed by atoms with van der Waals surface area (Å²) >= 11 is 0. The number of nitrogens with one attached hydrogen (secondary N) is 2. The smallest absolute Gasteiger partial charge is 0.408 e. The van der Waals surface area contributed by atoms with Crippen molar-refractivity contribution < 1.29 is 19.1 Å². The molecular formula is C28H35N5O4. The number of imidazole rings is 1. The van der Waals surface area contributed by atoms with Gasteiger partial charge in [0.1, 0.15) is 18.0 Å². The van der Waals surface area contributed by atoms with Crippen LogP contribution in [0.3, 0.4) is 0 Å². The number of benzene rings is 2. The molecule has 0 aliphatic carbocycles. The number of carbonyl (C=O) groups is 3. The summed E-state index contributed by atoms with van der Waals surface area (Å²) in [5.74, 6) is -0.591. The summed E-state index contributed by atoms with van der Waals surface area (Å²) in [6.07, 6.45) is 3.55. The minimum atomic E-state index is -0.813. The quantitative estimate of drug-likeness (QED) is 0.389. The summed E-state index contributed by atoms with van der Waals surface area (Å²) in [5.41, 5.74) is 7.95. The van der Waals surface area contributed by atoms with Crippen LogP contribution in [0.2, 0.25) is 0 Å². The molecule has 0 unspecified atom stereocenters. The number of rotatable bonds is 10. The standard InChI is InChI=1S/C28H35N5O4/c1-28(2,3)37-27(36)32-24(17-21-12-8-5-9-13-21)25(34)30-15-14-22-18-33(19-31-22)26(35)23(29)16-20-10-6-4-7-11-20/h4-13,18-19,23-24H,14-17,29H2,1-3H3,(H,30,34)(H,32,36)/t23-,24-/m0/s1. The highest BCUT2D eigenvalue weighted by Gasteiger charge is 2.24. The zero-order chi connectivity index (χ0) is 26.8. The topological polar surface area (TPSA) is 128 Å². The van der Waals surface area contributed by atoms with Crippen LogP contribution in [0.4, 0.5) is 4.79 Å². The van der Waals surface area contributed by atoms with Crippen LogP contribution in [-0.2, 0) is 28.8 Å². The fourth-order valence-electron chi connectivity index (χ4n) is 3.71. The van der Waals surface area contributed by atoms with Gasteiger partial charge < -0.3 is 21.1 Å². The molecule has 196 valence electrons. The zero-order valence-corrected chi connectivity index (χ0v) is 21.5. The van der Waals surface area contributed by atoms with Crippen molar-refractivity contribution >= 4 is 17.9 Å². The number of alkyl carbamates (subject to hydrolysis) is 1. The van der Waals surface area contributed by atoms with E-state index in [0.29, 0.717) is 25.0 Å². The summed E-state index contributed by atoms with van der Waals surface area (Å²) in [6, 6.07) is 17.5. The summed E-state index contributed by atoms with van der Waals surface area (Å²) < 4.78 is 6.71. The summed E-state index contributed by atoms with van der Waals surface area (Å²) in [5, 5.41) is 5.52. The number of amides is 2. The number of aromatic nitrogens is 2. The van der Waals surface area contributed by atoms with Gasteiger partial charge in [-0.2, -0.15) is 0 Å². The van der Waals surface area contributed by atoms with Crippen LogP contribution in [0.25, 0.3) is 0 Å². The molecule has 0 bridgehead atoms. The zero-order valence-electron chi connectivity index (χ0n) is 21.5. The molecule has 1 heterocycles. The number of hydrogen-bond donors (Lipinski definition) is 3. The highest BCUT2D eigenvalue weighted by Crippen LogP contribution is 2.09. The van der Waals surface area contributed by atoms with Gasteiger partial charge in [-0.05, 0) is 38.3 Å². The van der Waals surface area contributed by atoms with Crippen molar-refractivity contribution in [3.8, 4) is 0 Å². The molecule has 3 rings (SSSR count). The Hall–Kier alpha value is -3.98. The number of hydrogen-bond acceptors (Lipinski definition) is 6. The molecule has 0 saturated heterocycles. The van der Waals surface area contributed by atoms with Gasteiger partial charge in [-0.1, -0.05) is 60.7 Å². The lowest BCUT2D eigenvalue weighted by molar-refractivity contribution is -0.123. The van der Waals surface area contributed by atoms with Gasteiger partial charge in [0.25, 0.3) is 0 Å². The predicted octanol–water partition coefficient (Wildman–Crippen LogP) is 2.89. The van der Waals surface area contributed by atoms with E-state index >= 15 is 0 Å². The van der Waals surface area contributed by atoms with Crippen molar-refractivity contribution in [2.24, 2.45) is 5.73 Å². The average Bonchev–Trinajstić information content (AvgIpc) is 3.32. The average molecular weight is 506 g/mol. The number of nitrogens with two attached hydrogens (primary N) is 1. The number of nitrogens with zero attached hydrogens (tertiary/aromatic N) is 2. The van der Waals surface area contributed by atoms with Crippen molar-refractivity contribution in [1.29, 1.82) is 0 Å². The van der Waals surface area contributed by atoms with Crippen LogP contribution in [0.15, 0.2) is 73.2 Å². The molecule has 3 aromatic rings. The van der Waals surface area contributed by atoms with Crippen molar-refractivity contribution in [3.05, 3.63) is 90.0 Å². The summed E-state index contributed by atoms with van der Waals surface area (Å²) in [4.78, 5) is 42.2. The monoisotopic (exact) mass is 505 g/mol. The maximum atomic E-state index is 12.9. The molecule has 1 aromatic heterocycles. The molecule has 9 nitrogen and oxygen atoms in total. The second-order valence-corrected chi connectivity index (χ2v) is 9.84. The first-order valence-corrected chi connectivity index (χ1v) is 12.3. The molecule has 37 heavy (non-hydrogen) atoms. The number of ether oxygens (including phenoxy) is 1. The van der Waals surface area contributed by atoms with Crippen LogP contribution >= 0.6 is 0 Å². The highest BCUT2D eigenvalue weighted by atomic mass is 16.6. The first kappa shape index (κ1) is 27.6. The van der Waals surface area contributed by atoms with E-state index in [-0.39, 0.29) is 18.4 Å². The van der Waals surface area contributed by atoms with E-state index in [9.17, 15) is 14.4 Å². The Balaban J connectivity index is 1.54. The Morgan fingerprint density at radius 1 is 0.973 bits per heavy atom. The fraction of sp³-hybridized carbons (Fsp3) is 0.357. The molecule has 0 aliphatic heterocycles. The van der Waals surface area contributed by atoms with Gasteiger partial charge >= 0.3 is 6.09 Å². The maximum absolute atomic E-state index is 12.9. The highest BCUT2D eigenvalue weighted by molar-refractivity contribution is 5.86. The van der Waals surface area contributed by atoms with Crippen molar-refractivity contribution in [2.75, 3.05) is 6.54 Å². The van der Waals surface area contributed by atoms with Gasteiger partial charge in [-0.25, -0.2) is 9.78 Å². The molecule has 0 saturated carbocycles. The van der Waals surface area contributed by atoms with Crippen LogP contribution in [0.1, 0.15) is 42.4 Å². The van der Waals surface area contributed by atoms with E-state index in [4.69, 9.17) is 10.5 Å². The fourth-order valence-corrected chi connectivity index (χ4v) is 3.71. The minimum Gasteiger partial charge on any atom is -0.444 e. The molecule has 0 aliphatic rings. The van der Waals surface area contributed by atoms with E-state index in [1.54, 1.807) is 27.0 Å². The van der Waals surface area contributed by atoms with Crippen LogP contribution in [-0.4, -0.2) is 51.7 Å². The van der Waals surface area contributed by atoms with Crippen molar-refractivity contribution in [2.45, 2.75) is 57.7 Å². The van der Waals surface area contributed by atoms with E-state index in [1.165, 1.54) is 10.9 Å². The second kappa shape index (κ2) is 12.8. The van der Waals surface area contributed by atoms with Gasteiger partial charge in [0, 0.05) is 25.6 Å². The normalized spacial score (nSPS) is 12.9. The SMILES string of the molecule is CC(C)(C)OC(=O)N[C@@H](Cc1ccccc1)C(=O)NCCc1cn(C(=O)[C@@H](N)Cc2ccccc2)cn1. The third kappa shape index (κ3) is 9.20. The molecular weight excluding hydrogens is 470 g/mol. The van der Waals surface area contributed by atoms with Gasteiger partial charge in [0.2, 0.25) is 11.8 Å². The van der Waals surface area contributed by atoms with E-state index in [0.717, 1.165) is 11.1 Å². The molecule has 4 N–H and O–H groups in total. The number of carbonyl (C=O) groups excluding carboxylic acids is 3. The third-order valence-electron chi connectivity index (χ3n) is 5.48. The Labute approximate surface area is 217 Å². The first-order valence-electron chi connectivity index (χ1n) is 12.3. The maximum Gasteiger partial charge on any atom is 0.408 e. The Morgan fingerprint density at radius 3 is 2.16 bits per heavy atom. The lowest BCUT2D eigenvalue weighted by atomic mass is 10.1. The van der Waals surface area contributed by atoms with Gasteiger partial charge in [-0.15, -0.1) is 0 Å². The van der Waals surface area contributed by atoms with Gasteiger partial charge in [0.15, 0.2) is 0 Å². The molecule has 0 radical (unpaired) electrons. The Kier molecular flexibility index (Phi) is 9.57. The van der Waals surface area contributed by atoms with Crippen LogP contribution in [0, 0.1) is 0 Å². The largest absolute Gasteiger partial charge is 0.444 e. The predicted molar refractivity (Wildman–Crippen MR) is 141 cm³/mol. The molecule has 2 amide bonds. The molecule has 2 atom stereocenters. The van der Waals surface area contributed by atoms with Crippen molar-refractivity contribution in [3.63, 3.8) is 0 Å². The summed E-state index contributed by atoms with van der Waals surface area (Å²) in [6.45, 7) is 5.56. The van der Waals surface area contributed by atoms with Crippen LogP contribution < -0.4 is 16.4 Å². The van der Waals surface area contributed by atoms with Gasteiger partial charge in [-0.3, -0.25) is 14.2 Å².